The predicted octanol–water partition coefficient (Wildman–Crippen LogP) is 2.79. The molecule has 1 aliphatic rings. The molecule has 0 fully saturated rings. The van der Waals surface area contributed by atoms with Gasteiger partial charge in [-0.05, 0) is 29.3 Å². The maximum atomic E-state index is 12.5. The van der Waals surface area contributed by atoms with Crippen molar-refractivity contribution in [3.8, 4) is 0 Å². The van der Waals surface area contributed by atoms with Gasteiger partial charge in [-0.1, -0.05) is 37.3 Å². The van der Waals surface area contributed by atoms with E-state index in [-0.39, 0.29) is 17.7 Å². The highest BCUT2D eigenvalue weighted by Gasteiger charge is 2.32. The summed E-state index contributed by atoms with van der Waals surface area (Å²) < 4.78 is 0. The molecule has 2 aromatic rings. The van der Waals surface area contributed by atoms with Gasteiger partial charge in [0.2, 0.25) is 0 Å². The van der Waals surface area contributed by atoms with Crippen LogP contribution in [0.5, 0.6) is 0 Å². The van der Waals surface area contributed by atoms with Gasteiger partial charge in [0, 0.05) is 17.0 Å². The molecule has 2 amide bonds. The number of carbonyl (C=O) groups excluding carboxylic acids is 3. The summed E-state index contributed by atoms with van der Waals surface area (Å²) in [6, 6.07) is 14.1. The predicted molar refractivity (Wildman–Crippen MR) is 81.6 cm³/mol. The Balaban J connectivity index is 1.84. The molecule has 0 saturated carbocycles. The molecular weight excluding hydrogens is 278 g/mol. The van der Waals surface area contributed by atoms with Crippen molar-refractivity contribution in [2.75, 3.05) is 0 Å². The van der Waals surface area contributed by atoms with Gasteiger partial charge in [-0.2, -0.15) is 0 Å². The van der Waals surface area contributed by atoms with E-state index in [0.717, 1.165) is 17.4 Å². The molecule has 1 unspecified atom stereocenters. The van der Waals surface area contributed by atoms with E-state index >= 15 is 0 Å². The van der Waals surface area contributed by atoms with Crippen LogP contribution in [0.2, 0.25) is 0 Å². The van der Waals surface area contributed by atoms with E-state index < -0.39 is 0 Å². The Labute approximate surface area is 128 Å². The number of carbonyl (C=O) groups is 3. The number of rotatable bonds is 3. The molecule has 1 heterocycles. The van der Waals surface area contributed by atoms with Crippen molar-refractivity contribution >= 4 is 18.1 Å². The molecule has 22 heavy (non-hydrogen) atoms. The van der Waals surface area contributed by atoms with Gasteiger partial charge in [-0.3, -0.25) is 14.5 Å². The number of aldehydes is 1. The molecular formula is C18H15NO3. The second kappa shape index (κ2) is 5.56. The van der Waals surface area contributed by atoms with Gasteiger partial charge in [0.05, 0.1) is 6.54 Å². The maximum absolute atomic E-state index is 12.5. The monoisotopic (exact) mass is 293 g/mol. The Morgan fingerprint density at radius 3 is 2.45 bits per heavy atom. The average molecular weight is 293 g/mol. The summed E-state index contributed by atoms with van der Waals surface area (Å²) in [5, 5.41) is 0. The molecule has 4 heteroatoms. The molecule has 110 valence electrons. The summed E-state index contributed by atoms with van der Waals surface area (Å²) >= 11 is 0. The van der Waals surface area contributed by atoms with Gasteiger partial charge in [-0.25, -0.2) is 0 Å². The van der Waals surface area contributed by atoms with Gasteiger partial charge in [0.1, 0.15) is 6.29 Å². The van der Waals surface area contributed by atoms with E-state index in [1.165, 1.54) is 4.90 Å². The average Bonchev–Trinajstić information content (AvgIpc) is 2.91. The lowest BCUT2D eigenvalue weighted by atomic mass is 10.0. The van der Waals surface area contributed by atoms with E-state index in [2.05, 4.69) is 0 Å². The molecule has 2 aromatic carbocycles. The van der Waals surface area contributed by atoms with Crippen LogP contribution >= 0.6 is 0 Å². The normalized spacial score (nSPS) is 14.6. The Hall–Kier alpha value is -2.75. The Morgan fingerprint density at radius 1 is 1.14 bits per heavy atom. The molecule has 0 saturated heterocycles. The van der Waals surface area contributed by atoms with Crippen LogP contribution in [-0.2, 0) is 11.3 Å². The molecule has 1 aliphatic heterocycles. The van der Waals surface area contributed by atoms with Crippen molar-refractivity contribution in [2.45, 2.75) is 19.4 Å². The summed E-state index contributed by atoms with van der Waals surface area (Å²) in [5.74, 6) is -0.778. The summed E-state index contributed by atoms with van der Waals surface area (Å²) in [6.07, 6.45) is 0.859. The number of benzene rings is 2. The van der Waals surface area contributed by atoms with Crippen LogP contribution in [0.1, 0.15) is 44.7 Å². The van der Waals surface area contributed by atoms with Gasteiger partial charge >= 0.3 is 0 Å². The summed E-state index contributed by atoms with van der Waals surface area (Å²) in [4.78, 5) is 36.8. The van der Waals surface area contributed by atoms with E-state index in [9.17, 15) is 14.4 Å². The zero-order chi connectivity index (χ0) is 15.7. The second-order valence-electron chi connectivity index (χ2n) is 5.40. The highest BCUT2D eigenvalue weighted by atomic mass is 16.2. The molecule has 0 aliphatic carbocycles. The smallest absolute Gasteiger partial charge is 0.261 e. The van der Waals surface area contributed by atoms with Crippen molar-refractivity contribution in [2.24, 2.45) is 0 Å². The van der Waals surface area contributed by atoms with E-state index in [1.807, 2.05) is 12.1 Å². The highest BCUT2D eigenvalue weighted by molar-refractivity contribution is 6.12. The second-order valence-corrected chi connectivity index (χ2v) is 5.40. The summed E-state index contributed by atoms with van der Waals surface area (Å²) in [5.41, 5.74) is 2.75. The summed E-state index contributed by atoms with van der Waals surface area (Å²) in [6.45, 7) is 2.10. The van der Waals surface area contributed by atoms with Crippen LogP contribution in [-0.4, -0.2) is 23.0 Å². The van der Waals surface area contributed by atoms with Crippen LogP contribution in [0, 0.1) is 0 Å². The van der Waals surface area contributed by atoms with Crippen LogP contribution in [0.25, 0.3) is 0 Å². The highest BCUT2D eigenvalue weighted by Crippen LogP contribution is 2.24. The third kappa shape index (κ3) is 2.33. The lowest BCUT2D eigenvalue weighted by Crippen LogP contribution is -2.31. The molecule has 0 radical (unpaired) electrons. The first kappa shape index (κ1) is 14.2. The molecule has 0 N–H and O–H groups in total. The fraction of sp³-hybridized carbons (Fsp3) is 0.167. The SMILES string of the molecule is CC(C=O)c1ccc(C(=O)N2Cc3ccccc3C2=O)cc1. The zero-order valence-corrected chi connectivity index (χ0v) is 12.2. The summed E-state index contributed by atoms with van der Waals surface area (Å²) in [7, 11) is 0. The number of imide groups is 1. The molecule has 0 aromatic heterocycles. The van der Waals surface area contributed by atoms with Crippen molar-refractivity contribution < 1.29 is 14.4 Å². The lowest BCUT2D eigenvalue weighted by molar-refractivity contribution is -0.108. The van der Waals surface area contributed by atoms with Crippen LogP contribution in [0.4, 0.5) is 0 Å². The first-order valence-electron chi connectivity index (χ1n) is 7.11. The largest absolute Gasteiger partial charge is 0.303 e. The fourth-order valence-electron chi connectivity index (χ4n) is 2.58. The van der Waals surface area contributed by atoms with Crippen molar-refractivity contribution in [3.05, 3.63) is 70.8 Å². The first-order valence-corrected chi connectivity index (χ1v) is 7.11. The van der Waals surface area contributed by atoms with Crippen molar-refractivity contribution in [1.82, 2.24) is 4.90 Å². The molecule has 3 rings (SSSR count). The minimum absolute atomic E-state index is 0.207. The third-order valence-electron chi connectivity index (χ3n) is 3.95. The van der Waals surface area contributed by atoms with Crippen molar-refractivity contribution in [3.63, 3.8) is 0 Å². The minimum Gasteiger partial charge on any atom is -0.303 e. The Bertz CT molecular complexity index is 749. The van der Waals surface area contributed by atoms with Crippen LogP contribution in [0.3, 0.4) is 0 Å². The molecule has 1 atom stereocenters. The van der Waals surface area contributed by atoms with E-state index in [0.29, 0.717) is 17.7 Å². The standard InChI is InChI=1S/C18H15NO3/c1-12(11-20)13-6-8-14(9-7-13)17(21)19-10-15-4-2-3-5-16(15)18(19)22/h2-9,11-12H,10H2,1H3. The number of nitrogens with zero attached hydrogens (tertiary/aromatic N) is 1. The molecule has 0 spiro atoms. The number of hydrogen-bond acceptors (Lipinski definition) is 3. The number of fused-ring (bicyclic) bond motifs is 1. The third-order valence-corrected chi connectivity index (χ3v) is 3.95. The minimum atomic E-state index is -0.313. The van der Waals surface area contributed by atoms with Gasteiger partial charge in [0.25, 0.3) is 11.8 Å². The van der Waals surface area contributed by atoms with Crippen LogP contribution in [0.15, 0.2) is 48.5 Å². The fourth-order valence-corrected chi connectivity index (χ4v) is 2.58. The van der Waals surface area contributed by atoms with Gasteiger partial charge in [-0.15, -0.1) is 0 Å². The van der Waals surface area contributed by atoms with Crippen molar-refractivity contribution in [1.29, 1.82) is 0 Å². The van der Waals surface area contributed by atoms with Gasteiger partial charge < -0.3 is 4.79 Å². The Kier molecular flexibility index (Phi) is 3.59. The zero-order valence-electron chi connectivity index (χ0n) is 12.2. The lowest BCUT2D eigenvalue weighted by Gasteiger charge is -2.14. The van der Waals surface area contributed by atoms with Gasteiger partial charge in [0.15, 0.2) is 0 Å². The van der Waals surface area contributed by atoms with Crippen LogP contribution < -0.4 is 0 Å². The van der Waals surface area contributed by atoms with E-state index in [1.54, 1.807) is 43.3 Å². The number of hydrogen-bond donors (Lipinski definition) is 0. The molecule has 0 bridgehead atoms. The Morgan fingerprint density at radius 2 is 1.82 bits per heavy atom. The number of amides is 2. The van der Waals surface area contributed by atoms with E-state index in [4.69, 9.17) is 0 Å². The first-order chi connectivity index (χ1) is 10.6. The topological polar surface area (TPSA) is 54.5 Å². The maximum Gasteiger partial charge on any atom is 0.261 e. The molecule has 4 nitrogen and oxygen atoms in total. The quantitative estimate of drug-likeness (QED) is 0.646.